The van der Waals surface area contributed by atoms with Crippen molar-refractivity contribution in [3.8, 4) is 11.5 Å². The molecule has 0 radical (unpaired) electrons. The number of rotatable bonds is 12. The van der Waals surface area contributed by atoms with Crippen molar-refractivity contribution < 1.29 is 22.6 Å². The second-order valence-corrected chi connectivity index (χ2v) is 9.31. The van der Waals surface area contributed by atoms with E-state index in [0.717, 1.165) is 48.1 Å². The van der Waals surface area contributed by atoms with Crippen LogP contribution in [0.25, 0.3) is 10.9 Å². The molecule has 0 bridgehead atoms. The number of halogens is 4. The molecule has 0 spiro atoms. The first-order valence-electron chi connectivity index (χ1n) is 12.3. The summed E-state index contributed by atoms with van der Waals surface area (Å²) in [7, 11) is 1.51. The van der Waals surface area contributed by atoms with Crippen LogP contribution in [0.5, 0.6) is 11.5 Å². The number of hydrogen-bond acceptors (Lipinski definition) is 5. The monoisotopic (exact) mass is 543 g/mol. The van der Waals surface area contributed by atoms with Crippen molar-refractivity contribution in [1.29, 1.82) is 0 Å². The number of aromatic nitrogens is 1. The number of benzene rings is 3. The van der Waals surface area contributed by atoms with Crippen molar-refractivity contribution in [2.45, 2.75) is 32.3 Å². The lowest BCUT2D eigenvalue weighted by Gasteiger charge is -2.24. The van der Waals surface area contributed by atoms with Crippen LogP contribution in [0.4, 0.5) is 18.9 Å². The molecular formula is C29H29ClF3N3O2. The van der Waals surface area contributed by atoms with Crippen LogP contribution in [0.15, 0.2) is 79.0 Å². The maximum absolute atomic E-state index is 12.8. The molecule has 1 aromatic heterocycles. The highest BCUT2D eigenvalue weighted by molar-refractivity contribution is 6.31. The fraction of sp³-hybridized carbons (Fsp3) is 0.276. The van der Waals surface area contributed by atoms with E-state index in [2.05, 4.69) is 19.9 Å². The molecule has 1 N–H and O–H groups in total. The van der Waals surface area contributed by atoms with Crippen LogP contribution in [0.1, 0.15) is 24.0 Å². The van der Waals surface area contributed by atoms with E-state index < -0.39 is 6.36 Å². The number of methoxy groups -OCH3 is 1. The van der Waals surface area contributed by atoms with Crippen LogP contribution >= 0.6 is 11.6 Å². The van der Waals surface area contributed by atoms with Gasteiger partial charge in [-0.25, -0.2) is 0 Å². The first-order valence-corrected chi connectivity index (χ1v) is 12.7. The maximum Gasteiger partial charge on any atom is 0.573 e. The number of unbranched alkanes of at least 4 members (excludes halogenated alkanes) is 1. The van der Waals surface area contributed by atoms with Crippen molar-refractivity contribution in [2.75, 3.05) is 25.5 Å². The molecule has 4 rings (SSSR count). The molecular weight excluding hydrogens is 515 g/mol. The van der Waals surface area contributed by atoms with Gasteiger partial charge in [0, 0.05) is 47.5 Å². The van der Waals surface area contributed by atoms with E-state index >= 15 is 0 Å². The SMILES string of the molecule is COc1ccc(OC(F)(F)F)cc1CN(CCCCNc1ccnc2cc(Cl)ccc12)Cc1ccccc1. The van der Waals surface area contributed by atoms with Crippen molar-refractivity contribution >= 4 is 28.2 Å². The Balaban J connectivity index is 1.40. The predicted molar refractivity (Wildman–Crippen MR) is 145 cm³/mol. The van der Waals surface area contributed by atoms with Crippen molar-refractivity contribution in [1.82, 2.24) is 9.88 Å². The average molecular weight is 544 g/mol. The van der Waals surface area contributed by atoms with Gasteiger partial charge in [0.2, 0.25) is 0 Å². The molecule has 0 aliphatic rings. The molecule has 4 aromatic rings. The fourth-order valence-electron chi connectivity index (χ4n) is 4.33. The summed E-state index contributed by atoms with van der Waals surface area (Å²) in [6, 6.07) is 21.7. The average Bonchev–Trinajstić information content (AvgIpc) is 2.88. The highest BCUT2D eigenvalue weighted by atomic mass is 35.5. The van der Waals surface area contributed by atoms with Crippen LogP contribution in [0.3, 0.4) is 0 Å². The lowest BCUT2D eigenvalue weighted by Crippen LogP contribution is -2.25. The van der Waals surface area contributed by atoms with Crippen molar-refractivity contribution in [3.63, 3.8) is 0 Å². The minimum atomic E-state index is -4.75. The van der Waals surface area contributed by atoms with Crippen LogP contribution in [-0.4, -0.2) is 36.4 Å². The fourth-order valence-corrected chi connectivity index (χ4v) is 4.50. The van der Waals surface area contributed by atoms with Gasteiger partial charge in [-0.2, -0.15) is 0 Å². The van der Waals surface area contributed by atoms with Gasteiger partial charge in [0.25, 0.3) is 0 Å². The summed E-state index contributed by atoms with van der Waals surface area (Å²) < 4.78 is 47.9. The molecule has 0 aliphatic heterocycles. The lowest BCUT2D eigenvalue weighted by molar-refractivity contribution is -0.274. The molecule has 0 aliphatic carbocycles. The molecule has 9 heteroatoms. The second kappa shape index (κ2) is 12.8. The highest BCUT2D eigenvalue weighted by Gasteiger charge is 2.31. The smallest absolute Gasteiger partial charge is 0.496 e. The van der Waals surface area contributed by atoms with Crippen LogP contribution in [0.2, 0.25) is 5.02 Å². The third-order valence-corrected chi connectivity index (χ3v) is 6.28. The van der Waals surface area contributed by atoms with Gasteiger partial charge in [-0.3, -0.25) is 9.88 Å². The van der Waals surface area contributed by atoms with E-state index in [-0.39, 0.29) is 5.75 Å². The topological polar surface area (TPSA) is 46.6 Å². The van der Waals surface area contributed by atoms with Crippen molar-refractivity contribution in [3.05, 3.63) is 95.1 Å². The van der Waals surface area contributed by atoms with Crippen molar-refractivity contribution in [2.24, 2.45) is 0 Å². The highest BCUT2D eigenvalue weighted by Crippen LogP contribution is 2.30. The first kappa shape index (κ1) is 27.5. The minimum absolute atomic E-state index is 0.261. The number of nitrogens with one attached hydrogen (secondary N) is 1. The molecule has 0 atom stereocenters. The summed E-state index contributed by atoms with van der Waals surface area (Å²) in [5, 5.41) is 5.14. The van der Waals surface area contributed by atoms with Crippen LogP contribution in [-0.2, 0) is 13.1 Å². The number of nitrogens with zero attached hydrogens (tertiary/aromatic N) is 2. The molecule has 0 fully saturated rings. The van der Waals surface area contributed by atoms with E-state index in [4.69, 9.17) is 16.3 Å². The van der Waals surface area contributed by atoms with Gasteiger partial charge in [-0.15, -0.1) is 13.2 Å². The summed E-state index contributed by atoms with van der Waals surface area (Å²) in [5.41, 5.74) is 3.58. The van der Waals surface area contributed by atoms with Gasteiger partial charge in [0.05, 0.1) is 12.6 Å². The summed E-state index contributed by atoms with van der Waals surface area (Å²) >= 11 is 6.09. The number of fused-ring (bicyclic) bond motifs is 1. The Morgan fingerprint density at radius 2 is 1.76 bits per heavy atom. The van der Waals surface area contributed by atoms with E-state index in [9.17, 15) is 13.2 Å². The largest absolute Gasteiger partial charge is 0.573 e. The molecule has 1 heterocycles. The summed E-state index contributed by atoms with van der Waals surface area (Å²) in [6.07, 6.45) is -1.21. The quantitative estimate of drug-likeness (QED) is 0.186. The number of anilines is 1. The molecule has 5 nitrogen and oxygen atoms in total. The van der Waals surface area contributed by atoms with Gasteiger partial charge in [-0.1, -0.05) is 41.9 Å². The Hall–Kier alpha value is -3.49. The Bertz CT molecular complexity index is 1340. The molecule has 0 saturated carbocycles. The van der Waals surface area contributed by atoms with Gasteiger partial charge in [0.15, 0.2) is 0 Å². The summed E-state index contributed by atoms with van der Waals surface area (Å²) in [6.45, 7) is 2.57. The van der Waals surface area contributed by atoms with Gasteiger partial charge >= 0.3 is 6.36 Å². The Kier molecular flexibility index (Phi) is 9.31. The Labute approximate surface area is 225 Å². The van der Waals surface area contributed by atoms with E-state index in [1.807, 2.05) is 54.6 Å². The third kappa shape index (κ3) is 8.00. The zero-order chi connectivity index (χ0) is 27.0. The van der Waals surface area contributed by atoms with Gasteiger partial charge in [-0.05, 0) is 67.4 Å². The zero-order valence-corrected chi connectivity index (χ0v) is 21.7. The number of ether oxygens (including phenoxy) is 2. The van der Waals surface area contributed by atoms with Crippen LogP contribution < -0.4 is 14.8 Å². The van der Waals surface area contributed by atoms with E-state index in [1.165, 1.54) is 25.3 Å². The predicted octanol–water partition coefficient (Wildman–Crippen LogP) is 7.69. The van der Waals surface area contributed by atoms with Gasteiger partial charge < -0.3 is 14.8 Å². The molecule has 0 amide bonds. The third-order valence-electron chi connectivity index (χ3n) is 6.05. The summed E-state index contributed by atoms with van der Waals surface area (Å²) in [5.74, 6) is 0.256. The number of hydrogen-bond donors (Lipinski definition) is 1. The minimum Gasteiger partial charge on any atom is -0.496 e. The van der Waals surface area contributed by atoms with Crippen LogP contribution in [0, 0.1) is 0 Å². The molecule has 3 aromatic carbocycles. The normalized spacial score (nSPS) is 11.6. The standard InChI is InChI=1S/C29H29ClF3N3O2/c1-37-28-12-10-24(38-29(31,32)33)17-22(28)20-36(19-21-7-3-2-4-8-21)16-6-5-14-34-26-13-15-35-27-18-23(30)9-11-25(26)27/h2-4,7-13,15,17-18H,5-6,14,16,19-20H2,1H3,(H,34,35). The second-order valence-electron chi connectivity index (χ2n) is 8.87. The Morgan fingerprint density at radius 1 is 0.947 bits per heavy atom. The van der Waals surface area contributed by atoms with E-state index in [1.54, 1.807) is 6.20 Å². The van der Waals surface area contributed by atoms with Gasteiger partial charge in [0.1, 0.15) is 11.5 Å². The molecule has 200 valence electrons. The maximum atomic E-state index is 12.8. The first-order chi connectivity index (χ1) is 18.3. The Morgan fingerprint density at radius 3 is 2.53 bits per heavy atom. The molecule has 0 saturated heterocycles. The number of pyridine rings is 1. The molecule has 38 heavy (non-hydrogen) atoms. The lowest BCUT2D eigenvalue weighted by atomic mass is 10.1. The summed E-state index contributed by atoms with van der Waals surface area (Å²) in [4.78, 5) is 6.58. The molecule has 0 unspecified atom stereocenters. The zero-order valence-electron chi connectivity index (χ0n) is 21.0. The number of alkyl halides is 3. The van der Waals surface area contributed by atoms with E-state index in [0.29, 0.717) is 29.4 Å².